The van der Waals surface area contributed by atoms with Gasteiger partial charge in [-0.1, -0.05) is 24.3 Å². The molecule has 4 rings (SSSR count). The molecule has 0 atom stereocenters. The zero-order chi connectivity index (χ0) is 24.1. The van der Waals surface area contributed by atoms with Gasteiger partial charge in [-0.2, -0.15) is 13.2 Å². The molecular weight excluding hydrogens is 447 g/mol. The fourth-order valence-electron chi connectivity index (χ4n) is 3.60. The smallest absolute Gasteiger partial charge is 0.420 e. The normalized spacial score (nSPS) is 11.5. The first kappa shape index (κ1) is 23.3. The molecule has 0 spiro atoms. The summed E-state index contributed by atoms with van der Waals surface area (Å²) in [5.74, 6) is -0.804. The van der Waals surface area contributed by atoms with Crippen LogP contribution in [0.25, 0.3) is 22.2 Å². The van der Waals surface area contributed by atoms with E-state index in [4.69, 9.17) is 9.84 Å². The summed E-state index contributed by atoms with van der Waals surface area (Å²) < 4.78 is 45.0. The summed E-state index contributed by atoms with van der Waals surface area (Å²) in [7, 11) is 0. The van der Waals surface area contributed by atoms with Crippen LogP contribution in [-0.2, 0) is 17.4 Å². The second-order valence-electron chi connectivity index (χ2n) is 7.67. The molecule has 6 nitrogen and oxygen atoms in total. The molecule has 0 radical (unpaired) electrons. The number of H-pyrrole nitrogens is 1. The summed E-state index contributed by atoms with van der Waals surface area (Å²) in [4.78, 5) is 19.9. The number of halogens is 3. The number of ether oxygens (including phenoxy) is 1. The fourth-order valence-corrected chi connectivity index (χ4v) is 3.60. The number of aryl methyl sites for hydroxylation is 1. The van der Waals surface area contributed by atoms with E-state index in [1.807, 2.05) is 42.6 Å². The van der Waals surface area contributed by atoms with Crippen molar-refractivity contribution in [2.24, 2.45) is 0 Å². The van der Waals surface area contributed by atoms with Gasteiger partial charge in [-0.05, 0) is 47.9 Å². The number of aromatic nitrogens is 2. The summed E-state index contributed by atoms with van der Waals surface area (Å²) in [6.07, 6.45) is -0.545. The minimum absolute atomic E-state index is 0.0216. The summed E-state index contributed by atoms with van der Waals surface area (Å²) >= 11 is 0. The van der Waals surface area contributed by atoms with E-state index in [-0.39, 0.29) is 18.7 Å². The first-order valence-corrected chi connectivity index (χ1v) is 10.6. The average molecular weight is 469 g/mol. The number of pyridine rings is 1. The van der Waals surface area contributed by atoms with Gasteiger partial charge in [-0.25, -0.2) is 4.98 Å². The lowest BCUT2D eigenvalue weighted by Crippen LogP contribution is -2.15. The Kier molecular flexibility index (Phi) is 6.83. The van der Waals surface area contributed by atoms with E-state index < -0.39 is 30.0 Å². The number of anilines is 1. The van der Waals surface area contributed by atoms with Crippen LogP contribution in [0.15, 0.2) is 67.0 Å². The first-order valence-electron chi connectivity index (χ1n) is 10.6. The third-order valence-electron chi connectivity index (χ3n) is 5.22. The molecule has 0 saturated heterocycles. The van der Waals surface area contributed by atoms with Crippen LogP contribution in [0.3, 0.4) is 0 Å². The average Bonchev–Trinajstić information content (AvgIpc) is 3.29. The number of hydrogen-bond donors (Lipinski definition) is 3. The molecule has 176 valence electrons. The third-order valence-corrected chi connectivity index (χ3v) is 5.22. The molecule has 2 aromatic heterocycles. The minimum Gasteiger partial charge on any atom is -0.491 e. The zero-order valence-corrected chi connectivity index (χ0v) is 18.0. The monoisotopic (exact) mass is 469 g/mol. The number of alkyl halides is 3. The number of hydrogen-bond acceptors (Lipinski definition) is 4. The van der Waals surface area contributed by atoms with Crippen LogP contribution in [0.5, 0.6) is 5.75 Å². The summed E-state index contributed by atoms with van der Waals surface area (Å²) in [5, 5.41) is 12.3. The van der Waals surface area contributed by atoms with Crippen LogP contribution >= 0.6 is 0 Å². The third kappa shape index (κ3) is 5.55. The standard InChI is InChI=1S/C25H22F3N3O3/c26-25(27,28)21-14-20(5-6-22(21)34-11-10-32)31-23(33)7-4-16-2-1-3-17(12-16)19-13-18-8-9-29-24(18)30-15-19/h1-3,5-6,8-9,12-15,32H,4,7,10-11H2,(H,29,30)(H,31,33). The summed E-state index contributed by atoms with van der Waals surface area (Å²) in [6, 6.07) is 15.0. The lowest BCUT2D eigenvalue weighted by Gasteiger charge is -2.15. The number of aliphatic hydroxyl groups is 1. The van der Waals surface area contributed by atoms with E-state index >= 15 is 0 Å². The quantitative estimate of drug-likeness (QED) is 0.331. The van der Waals surface area contributed by atoms with Crippen LogP contribution in [0, 0.1) is 0 Å². The van der Waals surface area contributed by atoms with Gasteiger partial charge in [0.2, 0.25) is 5.91 Å². The molecule has 2 heterocycles. The lowest BCUT2D eigenvalue weighted by molar-refractivity contribution is -0.139. The Balaban J connectivity index is 1.42. The van der Waals surface area contributed by atoms with Crippen molar-refractivity contribution in [2.75, 3.05) is 18.5 Å². The molecule has 0 unspecified atom stereocenters. The van der Waals surface area contributed by atoms with Gasteiger partial charge >= 0.3 is 6.18 Å². The van der Waals surface area contributed by atoms with Gasteiger partial charge < -0.3 is 20.1 Å². The van der Waals surface area contributed by atoms with Crippen molar-refractivity contribution in [2.45, 2.75) is 19.0 Å². The minimum atomic E-state index is -4.66. The van der Waals surface area contributed by atoms with Crippen LogP contribution in [0.4, 0.5) is 18.9 Å². The largest absolute Gasteiger partial charge is 0.491 e. The van der Waals surface area contributed by atoms with E-state index in [9.17, 15) is 18.0 Å². The Morgan fingerprint density at radius 3 is 2.74 bits per heavy atom. The van der Waals surface area contributed by atoms with Crippen molar-refractivity contribution in [1.29, 1.82) is 0 Å². The van der Waals surface area contributed by atoms with Crippen LogP contribution in [0.2, 0.25) is 0 Å². The predicted molar refractivity (Wildman–Crippen MR) is 123 cm³/mol. The van der Waals surface area contributed by atoms with Gasteiger partial charge in [0, 0.05) is 35.5 Å². The SMILES string of the molecule is O=C(CCc1cccc(-c2cnc3[nH]ccc3c2)c1)Nc1ccc(OCCO)c(C(F)(F)F)c1. The van der Waals surface area contributed by atoms with E-state index in [2.05, 4.69) is 15.3 Å². The molecular formula is C25H22F3N3O3. The Labute approximate surface area is 193 Å². The highest BCUT2D eigenvalue weighted by Gasteiger charge is 2.34. The van der Waals surface area contributed by atoms with Crippen molar-refractivity contribution in [3.05, 3.63) is 78.1 Å². The maximum absolute atomic E-state index is 13.3. The summed E-state index contributed by atoms with van der Waals surface area (Å²) in [5.41, 5.74) is 2.64. The molecule has 1 amide bonds. The van der Waals surface area contributed by atoms with Gasteiger partial charge in [0.25, 0.3) is 0 Å². The molecule has 0 saturated carbocycles. The number of aromatic amines is 1. The van der Waals surface area contributed by atoms with E-state index in [0.29, 0.717) is 6.42 Å². The number of carbonyl (C=O) groups is 1. The zero-order valence-electron chi connectivity index (χ0n) is 18.0. The number of nitrogens with one attached hydrogen (secondary N) is 2. The molecule has 34 heavy (non-hydrogen) atoms. The van der Waals surface area contributed by atoms with Crippen LogP contribution < -0.4 is 10.1 Å². The van der Waals surface area contributed by atoms with Crippen molar-refractivity contribution in [3.8, 4) is 16.9 Å². The molecule has 0 bridgehead atoms. The molecule has 0 aliphatic heterocycles. The molecule has 0 fully saturated rings. The van der Waals surface area contributed by atoms with Crippen LogP contribution in [0.1, 0.15) is 17.5 Å². The van der Waals surface area contributed by atoms with Crippen LogP contribution in [-0.4, -0.2) is 34.2 Å². The lowest BCUT2D eigenvalue weighted by atomic mass is 10.0. The highest BCUT2D eigenvalue weighted by molar-refractivity contribution is 5.91. The highest BCUT2D eigenvalue weighted by Crippen LogP contribution is 2.38. The van der Waals surface area contributed by atoms with Crippen molar-refractivity contribution >= 4 is 22.6 Å². The molecule has 0 aliphatic rings. The number of nitrogens with zero attached hydrogens (tertiary/aromatic N) is 1. The second kappa shape index (κ2) is 9.96. The Morgan fingerprint density at radius 1 is 1.09 bits per heavy atom. The second-order valence-corrected chi connectivity index (χ2v) is 7.67. The molecule has 9 heteroatoms. The van der Waals surface area contributed by atoms with E-state index in [1.54, 1.807) is 6.20 Å². The van der Waals surface area contributed by atoms with E-state index in [0.717, 1.165) is 39.9 Å². The molecule has 4 aromatic rings. The fraction of sp³-hybridized carbons (Fsp3) is 0.200. The van der Waals surface area contributed by atoms with Crippen molar-refractivity contribution in [3.63, 3.8) is 0 Å². The van der Waals surface area contributed by atoms with Crippen molar-refractivity contribution < 1.29 is 27.8 Å². The Bertz CT molecular complexity index is 1300. The molecule has 3 N–H and O–H groups in total. The Hall–Kier alpha value is -3.85. The number of amides is 1. The summed E-state index contributed by atoms with van der Waals surface area (Å²) in [6.45, 7) is -0.669. The number of carbonyl (C=O) groups excluding carboxylic acids is 1. The number of benzene rings is 2. The molecule has 2 aromatic carbocycles. The predicted octanol–water partition coefficient (Wildman–Crippen LogP) is 5.19. The highest BCUT2D eigenvalue weighted by atomic mass is 19.4. The van der Waals surface area contributed by atoms with Gasteiger partial charge in [-0.15, -0.1) is 0 Å². The Morgan fingerprint density at radius 2 is 1.94 bits per heavy atom. The first-order chi connectivity index (χ1) is 16.3. The van der Waals surface area contributed by atoms with Gasteiger partial charge in [0.05, 0.1) is 12.2 Å². The molecule has 0 aliphatic carbocycles. The topological polar surface area (TPSA) is 87.2 Å². The number of fused-ring (bicyclic) bond motifs is 1. The van der Waals surface area contributed by atoms with E-state index in [1.165, 1.54) is 6.07 Å². The maximum atomic E-state index is 13.3. The van der Waals surface area contributed by atoms with Crippen molar-refractivity contribution in [1.82, 2.24) is 9.97 Å². The number of aliphatic hydroxyl groups excluding tert-OH is 1. The van der Waals surface area contributed by atoms with Gasteiger partial charge in [0.15, 0.2) is 0 Å². The maximum Gasteiger partial charge on any atom is 0.420 e. The number of rotatable bonds is 8. The van der Waals surface area contributed by atoms with Gasteiger partial charge in [-0.3, -0.25) is 4.79 Å². The van der Waals surface area contributed by atoms with Gasteiger partial charge in [0.1, 0.15) is 18.0 Å².